The number of aromatic nitrogens is 1. The summed E-state index contributed by atoms with van der Waals surface area (Å²) in [7, 11) is 0. The molecule has 0 atom stereocenters. The van der Waals surface area contributed by atoms with E-state index in [0.717, 1.165) is 10.9 Å². The van der Waals surface area contributed by atoms with Gasteiger partial charge in [-0.05, 0) is 41.8 Å². The molecular formula is C24H25N3O2. The van der Waals surface area contributed by atoms with Gasteiger partial charge in [-0.15, -0.1) is 0 Å². The van der Waals surface area contributed by atoms with Crippen molar-refractivity contribution in [3.8, 4) is 0 Å². The summed E-state index contributed by atoms with van der Waals surface area (Å²) in [5.41, 5.74) is 3.41. The second-order valence-electron chi connectivity index (χ2n) is 7.74. The van der Waals surface area contributed by atoms with Crippen LogP contribution in [-0.4, -0.2) is 52.8 Å². The zero-order chi connectivity index (χ0) is 20.4. The van der Waals surface area contributed by atoms with Gasteiger partial charge >= 0.3 is 0 Å². The molecule has 5 nitrogen and oxygen atoms in total. The smallest absolute Gasteiger partial charge is 0.254 e. The van der Waals surface area contributed by atoms with Crippen LogP contribution in [-0.2, 0) is 0 Å². The van der Waals surface area contributed by atoms with Crippen LogP contribution in [0.3, 0.4) is 0 Å². The number of hydrogen-bond acceptors (Lipinski definition) is 3. The number of amides is 2. The molecule has 2 aromatic carbocycles. The maximum atomic E-state index is 13.1. The average molecular weight is 387 g/mol. The molecule has 1 aliphatic rings. The number of pyridine rings is 1. The first-order valence-electron chi connectivity index (χ1n) is 10.1. The number of fused-ring (bicyclic) bond motifs is 1. The van der Waals surface area contributed by atoms with Crippen LogP contribution in [0.4, 0.5) is 0 Å². The third-order valence-corrected chi connectivity index (χ3v) is 5.55. The van der Waals surface area contributed by atoms with Gasteiger partial charge < -0.3 is 9.80 Å². The quantitative estimate of drug-likeness (QED) is 0.684. The molecule has 0 saturated carbocycles. The predicted octanol–water partition coefficient (Wildman–Crippen LogP) is 3.96. The SMILES string of the molecule is CC(C)c1ccc(C(=O)N2CCN(C(=O)c3cccc4ncccc34)CC2)cc1. The zero-order valence-electron chi connectivity index (χ0n) is 16.8. The number of piperazine rings is 1. The van der Waals surface area contributed by atoms with Gasteiger partial charge in [0.15, 0.2) is 0 Å². The Morgan fingerprint density at radius 1 is 0.828 bits per heavy atom. The van der Waals surface area contributed by atoms with E-state index >= 15 is 0 Å². The number of hydrogen-bond donors (Lipinski definition) is 0. The minimum atomic E-state index is -0.00279. The van der Waals surface area contributed by atoms with Gasteiger partial charge in [0.05, 0.1) is 5.52 Å². The first-order valence-corrected chi connectivity index (χ1v) is 10.1. The van der Waals surface area contributed by atoms with Crippen LogP contribution >= 0.6 is 0 Å². The Labute approximate surface area is 171 Å². The highest BCUT2D eigenvalue weighted by Gasteiger charge is 2.26. The summed E-state index contributed by atoms with van der Waals surface area (Å²) in [6.45, 7) is 6.42. The van der Waals surface area contributed by atoms with Crippen molar-refractivity contribution in [1.82, 2.24) is 14.8 Å². The van der Waals surface area contributed by atoms with Gasteiger partial charge in [-0.1, -0.05) is 38.1 Å². The van der Waals surface area contributed by atoms with Crippen LogP contribution in [0.25, 0.3) is 10.9 Å². The Hall–Kier alpha value is -3.21. The lowest BCUT2D eigenvalue weighted by atomic mass is 10.0. The molecule has 0 bridgehead atoms. The summed E-state index contributed by atoms with van der Waals surface area (Å²) < 4.78 is 0. The third-order valence-electron chi connectivity index (χ3n) is 5.55. The van der Waals surface area contributed by atoms with E-state index in [1.807, 2.05) is 64.4 Å². The first-order chi connectivity index (χ1) is 14.0. The third kappa shape index (κ3) is 3.86. The van der Waals surface area contributed by atoms with Crippen molar-refractivity contribution in [2.75, 3.05) is 26.2 Å². The fourth-order valence-electron chi connectivity index (χ4n) is 3.77. The van der Waals surface area contributed by atoms with Crippen LogP contribution in [0.2, 0.25) is 0 Å². The summed E-state index contributed by atoms with van der Waals surface area (Å²) in [5, 5.41) is 0.865. The molecule has 148 valence electrons. The number of rotatable bonds is 3. The Bertz CT molecular complexity index is 1030. The number of carbonyl (C=O) groups excluding carboxylic acids is 2. The van der Waals surface area contributed by atoms with Gasteiger partial charge in [0.25, 0.3) is 11.8 Å². The lowest BCUT2D eigenvalue weighted by molar-refractivity contribution is 0.0536. The molecule has 5 heteroatoms. The topological polar surface area (TPSA) is 53.5 Å². The lowest BCUT2D eigenvalue weighted by Gasteiger charge is -2.35. The normalized spacial score (nSPS) is 14.4. The number of nitrogens with zero attached hydrogens (tertiary/aromatic N) is 3. The monoisotopic (exact) mass is 387 g/mol. The van der Waals surface area contributed by atoms with Crippen molar-refractivity contribution < 1.29 is 9.59 Å². The van der Waals surface area contributed by atoms with E-state index in [4.69, 9.17) is 0 Å². The van der Waals surface area contributed by atoms with Crippen molar-refractivity contribution >= 4 is 22.7 Å². The maximum absolute atomic E-state index is 13.1. The van der Waals surface area contributed by atoms with Gasteiger partial charge in [0.2, 0.25) is 0 Å². The van der Waals surface area contributed by atoms with E-state index in [2.05, 4.69) is 18.8 Å². The highest BCUT2D eigenvalue weighted by Crippen LogP contribution is 2.20. The molecule has 1 fully saturated rings. The summed E-state index contributed by atoms with van der Waals surface area (Å²) in [6.07, 6.45) is 1.73. The molecule has 0 N–H and O–H groups in total. The highest BCUT2D eigenvalue weighted by molar-refractivity contribution is 6.06. The first kappa shape index (κ1) is 19.1. The van der Waals surface area contributed by atoms with Crippen molar-refractivity contribution in [1.29, 1.82) is 0 Å². The van der Waals surface area contributed by atoms with Crippen molar-refractivity contribution in [3.05, 3.63) is 77.5 Å². The van der Waals surface area contributed by atoms with Gasteiger partial charge in [-0.25, -0.2) is 0 Å². The molecule has 1 aromatic heterocycles. The van der Waals surface area contributed by atoms with E-state index in [0.29, 0.717) is 43.2 Å². The molecule has 2 heterocycles. The van der Waals surface area contributed by atoms with Gasteiger partial charge in [-0.3, -0.25) is 14.6 Å². The standard InChI is InChI=1S/C24H25N3O2/c1-17(2)18-8-10-19(11-9-18)23(28)26-13-15-27(16-14-26)24(29)21-5-3-7-22-20(21)6-4-12-25-22/h3-12,17H,13-16H2,1-2H3. The Balaban J connectivity index is 1.43. The van der Waals surface area contributed by atoms with E-state index < -0.39 is 0 Å². The van der Waals surface area contributed by atoms with E-state index in [9.17, 15) is 9.59 Å². The van der Waals surface area contributed by atoms with E-state index in [1.165, 1.54) is 5.56 Å². The second kappa shape index (κ2) is 8.03. The maximum Gasteiger partial charge on any atom is 0.254 e. The molecule has 0 radical (unpaired) electrons. The molecule has 1 saturated heterocycles. The fraction of sp³-hybridized carbons (Fsp3) is 0.292. The Kier molecular flexibility index (Phi) is 5.30. The fourth-order valence-corrected chi connectivity index (χ4v) is 3.77. The largest absolute Gasteiger partial charge is 0.335 e. The summed E-state index contributed by atoms with van der Waals surface area (Å²) in [5.74, 6) is 0.469. The lowest BCUT2D eigenvalue weighted by Crippen LogP contribution is -2.50. The number of carbonyl (C=O) groups is 2. The summed E-state index contributed by atoms with van der Waals surface area (Å²) in [6, 6.07) is 17.2. The van der Waals surface area contributed by atoms with Crippen molar-refractivity contribution in [2.24, 2.45) is 0 Å². The molecule has 0 spiro atoms. The van der Waals surface area contributed by atoms with Gasteiger partial charge in [0.1, 0.15) is 0 Å². The molecule has 3 aromatic rings. The van der Waals surface area contributed by atoms with Crippen molar-refractivity contribution in [2.45, 2.75) is 19.8 Å². The molecule has 2 amide bonds. The van der Waals surface area contributed by atoms with Crippen LogP contribution in [0.5, 0.6) is 0 Å². The molecule has 0 aliphatic carbocycles. The Morgan fingerprint density at radius 3 is 2.14 bits per heavy atom. The Morgan fingerprint density at radius 2 is 1.48 bits per heavy atom. The van der Waals surface area contributed by atoms with Crippen molar-refractivity contribution in [3.63, 3.8) is 0 Å². The zero-order valence-corrected chi connectivity index (χ0v) is 16.8. The number of benzene rings is 2. The molecule has 29 heavy (non-hydrogen) atoms. The van der Waals surface area contributed by atoms with Crippen LogP contribution in [0.15, 0.2) is 60.8 Å². The minimum Gasteiger partial charge on any atom is -0.335 e. The average Bonchev–Trinajstić information content (AvgIpc) is 2.78. The molecular weight excluding hydrogens is 362 g/mol. The van der Waals surface area contributed by atoms with Crippen LogP contribution < -0.4 is 0 Å². The highest BCUT2D eigenvalue weighted by atomic mass is 16.2. The van der Waals surface area contributed by atoms with E-state index in [-0.39, 0.29) is 11.8 Å². The molecule has 1 aliphatic heterocycles. The summed E-state index contributed by atoms with van der Waals surface area (Å²) >= 11 is 0. The second-order valence-corrected chi connectivity index (χ2v) is 7.74. The predicted molar refractivity (Wildman–Crippen MR) is 114 cm³/mol. The molecule has 4 rings (SSSR count). The van der Waals surface area contributed by atoms with Crippen LogP contribution in [0, 0.1) is 0 Å². The summed E-state index contributed by atoms with van der Waals surface area (Å²) in [4.78, 5) is 33.9. The molecule has 0 unspecified atom stereocenters. The van der Waals surface area contributed by atoms with Gasteiger partial charge in [-0.2, -0.15) is 0 Å². The van der Waals surface area contributed by atoms with Crippen LogP contribution in [0.1, 0.15) is 46.0 Å². The van der Waals surface area contributed by atoms with Gasteiger partial charge in [0, 0.05) is 48.9 Å². The van der Waals surface area contributed by atoms with E-state index in [1.54, 1.807) is 6.20 Å². The minimum absolute atomic E-state index is 0.00279.